The molecule has 0 saturated carbocycles. The van der Waals surface area contributed by atoms with Gasteiger partial charge in [0.25, 0.3) is 0 Å². The highest BCUT2D eigenvalue weighted by atomic mass is 32.2. The zero-order chi connectivity index (χ0) is 8.93. The maximum atomic E-state index is 4.18. The first-order chi connectivity index (χ1) is 6.45. The zero-order valence-corrected chi connectivity index (χ0v) is 7.66. The van der Waals surface area contributed by atoms with Gasteiger partial charge in [0, 0.05) is 11.9 Å². The Balaban J connectivity index is 1.94. The van der Waals surface area contributed by atoms with Crippen molar-refractivity contribution in [3.05, 3.63) is 36.3 Å². The summed E-state index contributed by atoms with van der Waals surface area (Å²) in [5.41, 5.74) is 0.940. The average molecular weight is 192 g/mol. The van der Waals surface area contributed by atoms with Crippen LogP contribution in [0.15, 0.2) is 35.6 Å². The molecule has 66 valence electrons. The summed E-state index contributed by atoms with van der Waals surface area (Å²) in [5, 5.41) is 11.2. The third-order valence-electron chi connectivity index (χ3n) is 1.47. The minimum Gasteiger partial charge on any atom is -0.250 e. The maximum Gasteiger partial charge on any atom is 0.0963 e. The first kappa shape index (κ1) is 8.25. The molecule has 0 amide bonds. The quantitative estimate of drug-likeness (QED) is 0.748. The van der Waals surface area contributed by atoms with Crippen molar-refractivity contribution in [1.29, 1.82) is 0 Å². The van der Waals surface area contributed by atoms with Gasteiger partial charge in [-0.05, 0) is 12.1 Å². The molecule has 4 nitrogen and oxygen atoms in total. The van der Waals surface area contributed by atoms with Crippen LogP contribution in [-0.4, -0.2) is 20.4 Å². The first-order valence-corrected chi connectivity index (χ1v) is 4.82. The van der Waals surface area contributed by atoms with Crippen molar-refractivity contribution < 1.29 is 0 Å². The Morgan fingerprint density at radius 3 is 3.08 bits per heavy atom. The first-order valence-electron chi connectivity index (χ1n) is 3.83. The molecule has 0 fully saturated rings. The van der Waals surface area contributed by atoms with Gasteiger partial charge < -0.3 is 0 Å². The third-order valence-corrected chi connectivity index (χ3v) is 2.45. The molecule has 0 atom stereocenters. The highest BCUT2D eigenvalue weighted by molar-refractivity contribution is 7.98. The van der Waals surface area contributed by atoms with E-state index in [2.05, 4.69) is 20.4 Å². The van der Waals surface area contributed by atoms with Crippen LogP contribution in [0.5, 0.6) is 0 Å². The van der Waals surface area contributed by atoms with Crippen LogP contribution in [0.4, 0.5) is 0 Å². The van der Waals surface area contributed by atoms with Gasteiger partial charge in [-0.15, -0.1) is 0 Å². The molecule has 0 saturated heterocycles. The number of aromatic nitrogens is 4. The Kier molecular flexibility index (Phi) is 2.56. The number of pyridine rings is 1. The number of rotatable bonds is 3. The number of nitrogens with one attached hydrogen (secondary N) is 1. The van der Waals surface area contributed by atoms with Gasteiger partial charge in [0.2, 0.25) is 0 Å². The monoisotopic (exact) mass is 192 g/mol. The maximum absolute atomic E-state index is 4.18. The van der Waals surface area contributed by atoms with Gasteiger partial charge in [-0.1, -0.05) is 17.8 Å². The number of aromatic amines is 1. The molecule has 0 aliphatic heterocycles. The molecule has 0 aliphatic rings. The fraction of sp³-hybridized carbons (Fsp3) is 0.125. The lowest BCUT2D eigenvalue weighted by molar-refractivity contribution is 0.925. The van der Waals surface area contributed by atoms with Crippen molar-refractivity contribution in [3.8, 4) is 0 Å². The molecule has 0 spiro atoms. The zero-order valence-electron chi connectivity index (χ0n) is 6.84. The standard InChI is InChI=1S/C8H8N4S/c1-2-4-9-8(3-1)13-6-7-5-10-12-11-7/h1-5H,6H2,(H,10,11,12). The van der Waals surface area contributed by atoms with Crippen LogP contribution in [0.3, 0.4) is 0 Å². The summed E-state index contributed by atoms with van der Waals surface area (Å²) < 4.78 is 0. The summed E-state index contributed by atoms with van der Waals surface area (Å²) in [5.74, 6) is 0.799. The summed E-state index contributed by atoms with van der Waals surface area (Å²) >= 11 is 1.64. The predicted molar refractivity (Wildman–Crippen MR) is 50.2 cm³/mol. The summed E-state index contributed by atoms with van der Waals surface area (Å²) in [4.78, 5) is 4.18. The van der Waals surface area contributed by atoms with E-state index in [9.17, 15) is 0 Å². The van der Waals surface area contributed by atoms with Crippen LogP contribution < -0.4 is 0 Å². The molecule has 0 aromatic carbocycles. The Bertz CT molecular complexity index is 346. The Morgan fingerprint density at radius 1 is 1.38 bits per heavy atom. The smallest absolute Gasteiger partial charge is 0.0963 e. The van der Waals surface area contributed by atoms with Gasteiger partial charge in [0.1, 0.15) is 0 Å². The SMILES string of the molecule is c1ccc(SCc2cn[nH]n2)nc1. The van der Waals surface area contributed by atoms with Crippen molar-refractivity contribution in [2.24, 2.45) is 0 Å². The highest BCUT2D eigenvalue weighted by Gasteiger charge is 1.97. The summed E-state index contributed by atoms with van der Waals surface area (Å²) in [6.07, 6.45) is 3.50. The van der Waals surface area contributed by atoms with Gasteiger partial charge in [-0.3, -0.25) is 0 Å². The summed E-state index contributed by atoms with van der Waals surface area (Å²) in [6, 6.07) is 5.85. The number of hydrogen-bond acceptors (Lipinski definition) is 4. The van der Waals surface area contributed by atoms with Crippen molar-refractivity contribution in [2.75, 3.05) is 0 Å². The van der Waals surface area contributed by atoms with Crippen molar-refractivity contribution >= 4 is 11.8 Å². The van der Waals surface area contributed by atoms with Crippen molar-refractivity contribution in [2.45, 2.75) is 10.8 Å². The predicted octanol–water partition coefficient (Wildman–Crippen LogP) is 1.49. The van der Waals surface area contributed by atoms with Crippen LogP contribution in [0.2, 0.25) is 0 Å². The minimum absolute atomic E-state index is 0.799. The van der Waals surface area contributed by atoms with Gasteiger partial charge in [0.05, 0.1) is 16.9 Å². The van der Waals surface area contributed by atoms with E-state index < -0.39 is 0 Å². The van der Waals surface area contributed by atoms with Gasteiger partial charge in [-0.2, -0.15) is 15.4 Å². The van der Waals surface area contributed by atoms with Crippen LogP contribution in [0.25, 0.3) is 0 Å². The molecule has 0 radical (unpaired) electrons. The van der Waals surface area contributed by atoms with E-state index in [-0.39, 0.29) is 0 Å². The molecule has 0 aliphatic carbocycles. The normalized spacial score (nSPS) is 10.2. The Labute approximate surface area is 79.8 Å². The van der Waals surface area contributed by atoms with Crippen molar-refractivity contribution in [3.63, 3.8) is 0 Å². The van der Waals surface area contributed by atoms with Gasteiger partial charge >= 0.3 is 0 Å². The molecule has 2 aromatic heterocycles. The Hall–Kier alpha value is -1.36. The number of hydrogen-bond donors (Lipinski definition) is 1. The minimum atomic E-state index is 0.799. The molecule has 5 heteroatoms. The van der Waals surface area contributed by atoms with E-state index in [1.165, 1.54) is 0 Å². The molecular formula is C8H8N4S. The molecule has 0 unspecified atom stereocenters. The fourth-order valence-corrected chi connectivity index (χ4v) is 1.62. The van der Waals surface area contributed by atoms with Gasteiger partial charge in [0.15, 0.2) is 0 Å². The molecule has 1 N–H and O–H groups in total. The molecule has 13 heavy (non-hydrogen) atoms. The summed E-state index contributed by atoms with van der Waals surface area (Å²) in [7, 11) is 0. The second kappa shape index (κ2) is 4.04. The molecular weight excluding hydrogens is 184 g/mol. The Morgan fingerprint density at radius 2 is 2.38 bits per heavy atom. The number of thioether (sulfide) groups is 1. The molecule has 2 aromatic rings. The average Bonchev–Trinajstić information content (AvgIpc) is 2.69. The van der Waals surface area contributed by atoms with E-state index in [1.807, 2.05) is 18.2 Å². The van der Waals surface area contributed by atoms with Crippen molar-refractivity contribution in [1.82, 2.24) is 20.4 Å². The van der Waals surface area contributed by atoms with Crippen LogP contribution in [0, 0.1) is 0 Å². The van der Waals surface area contributed by atoms with E-state index in [0.717, 1.165) is 16.5 Å². The van der Waals surface area contributed by atoms with Crippen LogP contribution >= 0.6 is 11.8 Å². The second-order valence-electron chi connectivity index (χ2n) is 2.42. The third kappa shape index (κ3) is 2.29. The molecule has 0 bridgehead atoms. The lowest BCUT2D eigenvalue weighted by Crippen LogP contribution is -1.82. The van der Waals surface area contributed by atoms with E-state index in [0.29, 0.717) is 0 Å². The molecule has 2 rings (SSSR count). The number of nitrogens with zero attached hydrogens (tertiary/aromatic N) is 3. The molecule has 2 heterocycles. The van der Waals surface area contributed by atoms with E-state index in [4.69, 9.17) is 0 Å². The second-order valence-corrected chi connectivity index (χ2v) is 3.41. The van der Waals surface area contributed by atoms with Crippen LogP contribution in [-0.2, 0) is 5.75 Å². The summed E-state index contributed by atoms with van der Waals surface area (Å²) in [6.45, 7) is 0. The fourth-order valence-electron chi connectivity index (χ4n) is 0.875. The number of H-pyrrole nitrogens is 1. The lowest BCUT2D eigenvalue weighted by Gasteiger charge is -1.95. The van der Waals surface area contributed by atoms with Gasteiger partial charge in [-0.25, -0.2) is 4.98 Å². The van der Waals surface area contributed by atoms with Crippen LogP contribution in [0.1, 0.15) is 5.69 Å². The highest BCUT2D eigenvalue weighted by Crippen LogP contribution is 2.17. The van der Waals surface area contributed by atoms with E-state index >= 15 is 0 Å². The largest absolute Gasteiger partial charge is 0.250 e. The van der Waals surface area contributed by atoms with E-state index in [1.54, 1.807) is 24.2 Å². The lowest BCUT2D eigenvalue weighted by atomic mass is 10.5. The topological polar surface area (TPSA) is 54.5 Å².